The number of hydrogen-bond acceptors (Lipinski definition) is 5. The van der Waals surface area contributed by atoms with Crippen LogP contribution >= 0.6 is 11.8 Å². The Labute approximate surface area is 131 Å². The second-order valence-electron chi connectivity index (χ2n) is 5.45. The molecule has 1 rings (SSSR count). The fourth-order valence-electron chi connectivity index (χ4n) is 1.71. The first-order valence-corrected chi connectivity index (χ1v) is 9.90. The van der Waals surface area contributed by atoms with Gasteiger partial charge >= 0.3 is 0 Å². The lowest BCUT2D eigenvalue weighted by atomic mass is 10.1. The highest BCUT2D eigenvalue weighted by Crippen LogP contribution is 2.23. The van der Waals surface area contributed by atoms with E-state index < -0.39 is 9.84 Å². The number of nitrogens with one attached hydrogen (secondary N) is 1. The van der Waals surface area contributed by atoms with Crippen LogP contribution in [-0.2, 0) is 16.4 Å². The molecule has 0 saturated heterocycles. The zero-order valence-corrected chi connectivity index (χ0v) is 14.4. The van der Waals surface area contributed by atoms with Crippen LogP contribution in [0.3, 0.4) is 0 Å². The summed E-state index contributed by atoms with van der Waals surface area (Å²) < 4.78 is 22.2. The van der Waals surface area contributed by atoms with Gasteiger partial charge in [0.05, 0.1) is 11.3 Å². The summed E-state index contributed by atoms with van der Waals surface area (Å²) >= 11 is 1.41. The Morgan fingerprint density at radius 1 is 1.38 bits per heavy atom. The molecule has 4 nitrogen and oxygen atoms in total. The second kappa shape index (κ2) is 8.42. The summed E-state index contributed by atoms with van der Waals surface area (Å²) in [5.74, 6) is 1.19. The molecule has 0 aliphatic heterocycles. The molecule has 0 amide bonds. The average Bonchev–Trinajstić information content (AvgIpc) is 2.38. The zero-order chi connectivity index (χ0) is 15.9. The van der Waals surface area contributed by atoms with Crippen LogP contribution < -0.4 is 5.32 Å². The van der Waals surface area contributed by atoms with E-state index in [1.54, 1.807) is 0 Å². The van der Waals surface area contributed by atoms with E-state index in [1.165, 1.54) is 18.0 Å². The van der Waals surface area contributed by atoms with E-state index in [-0.39, 0.29) is 5.75 Å². The largest absolute Gasteiger partial charge is 0.312 e. The van der Waals surface area contributed by atoms with Crippen LogP contribution in [0.2, 0.25) is 0 Å². The highest BCUT2D eigenvalue weighted by atomic mass is 32.2. The molecule has 116 valence electrons. The first kappa shape index (κ1) is 18.0. The van der Waals surface area contributed by atoms with E-state index in [2.05, 4.69) is 25.2 Å². The van der Waals surface area contributed by atoms with Gasteiger partial charge in [0, 0.05) is 23.4 Å². The normalized spacial score (nSPS) is 11.6. The lowest BCUT2D eigenvalue weighted by Gasteiger charge is -2.09. The van der Waals surface area contributed by atoms with Gasteiger partial charge in [0.25, 0.3) is 0 Å². The number of thioether (sulfide) groups is 1. The Bertz CT molecular complexity index is 605. The van der Waals surface area contributed by atoms with E-state index in [1.807, 2.05) is 18.2 Å². The molecule has 0 aliphatic rings. The molecule has 1 N–H and O–H groups in total. The molecule has 0 atom stereocenters. The van der Waals surface area contributed by atoms with Crippen molar-refractivity contribution in [1.29, 1.82) is 5.26 Å². The van der Waals surface area contributed by atoms with Crippen molar-refractivity contribution in [3.05, 3.63) is 29.3 Å². The van der Waals surface area contributed by atoms with Crippen LogP contribution in [0.5, 0.6) is 0 Å². The van der Waals surface area contributed by atoms with E-state index in [9.17, 15) is 13.7 Å². The molecular weight excluding hydrogens is 304 g/mol. The van der Waals surface area contributed by atoms with E-state index in [4.69, 9.17) is 0 Å². The van der Waals surface area contributed by atoms with E-state index >= 15 is 0 Å². The minimum atomic E-state index is -2.96. The number of hydrogen-bond donors (Lipinski definition) is 1. The Balaban J connectivity index is 2.64. The van der Waals surface area contributed by atoms with Crippen molar-refractivity contribution in [3.63, 3.8) is 0 Å². The lowest BCUT2D eigenvalue weighted by molar-refractivity contribution is 0.552. The van der Waals surface area contributed by atoms with Gasteiger partial charge in [-0.1, -0.05) is 19.9 Å². The molecule has 0 radical (unpaired) electrons. The van der Waals surface area contributed by atoms with Crippen molar-refractivity contribution in [2.45, 2.75) is 25.3 Å². The smallest absolute Gasteiger partial charge is 0.148 e. The van der Waals surface area contributed by atoms with Crippen LogP contribution in [0, 0.1) is 17.2 Å². The van der Waals surface area contributed by atoms with Crippen LogP contribution in [0.15, 0.2) is 23.1 Å². The predicted molar refractivity (Wildman–Crippen MR) is 88.1 cm³/mol. The molecule has 0 saturated carbocycles. The number of rotatable bonds is 8. The molecule has 21 heavy (non-hydrogen) atoms. The average molecular weight is 326 g/mol. The summed E-state index contributed by atoms with van der Waals surface area (Å²) in [6, 6.07) is 7.94. The molecule has 0 bridgehead atoms. The van der Waals surface area contributed by atoms with E-state index in [0.717, 1.165) is 23.5 Å². The van der Waals surface area contributed by atoms with Crippen molar-refractivity contribution in [2.24, 2.45) is 5.92 Å². The van der Waals surface area contributed by atoms with Gasteiger partial charge in [-0.15, -0.1) is 11.8 Å². The van der Waals surface area contributed by atoms with Gasteiger partial charge in [0.1, 0.15) is 15.9 Å². The van der Waals surface area contributed by atoms with Crippen molar-refractivity contribution < 1.29 is 8.42 Å². The number of nitriles is 1. The number of sulfone groups is 1. The van der Waals surface area contributed by atoms with Crippen LogP contribution in [0.1, 0.15) is 25.0 Å². The molecule has 6 heteroatoms. The Morgan fingerprint density at radius 2 is 2.10 bits per heavy atom. The van der Waals surface area contributed by atoms with Gasteiger partial charge in [-0.05, 0) is 30.2 Å². The summed E-state index contributed by atoms with van der Waals surface area (Å²) in [7, 11) is -2.96. The second-order valence-corrected chi connectivity index (χ2v) is 8.84. The summed E-state index contributed by atoms with van der Waals surface area (Å²) in [4.78, 5) is 0.841. The lowest BCUT2D eigenvalue weighted by Crippen LogP contribution is -2.18. The van der Waals surface area contributed by atoms with Crippen molar-refractivity contribution in [3.8, 4) is 6.07 Å². The predicted octanol–water partition coefficient (Wildman–Crippen LogP) is 2.44. The number of benzene rings is 1. The SMILES string of the molecule is CC(C)CNCc1ccc(SCCS(C)(=O)=O)c(C#N)c1. The first-order chi connectivity index (χ1) is 9.81. The molecule has 0 aliphatic carbocycles. The quantitative estimate of drug-likeness (QED) is 0.743. The van der Waals surface area contributed by atoms with Gasteiger partial charge in [-0.2, -0.15) is 5.26 Å². The minimum Gasteiger partial charge on any atom is -0.312 e. The standard InChI is InChI=1S/C15H22N2O2S2/c1-12(2)10-17-11-13-4-5-15(14(8-13)9-16)20-6-7-21(3,18)19/h4-5,8,12,17H,6-7,10-11H2,1-3H3. The van der Waals surface area contributed by atoms with Gasteiger partial charge in [0.2, 0.25) is 0 Å². The maximum atomic E-state index is 11.1. The van der Waals surface area contributed by atoms with Crippen LogP contribution in [0.25, 0.3) is 0 Å². The Kier molecular flexibility index (Phi) is 7.23. The molecule has 0 heterocycles. The monoisotopic (exact) mass is 326 g/mol. The summed E-state index contributed by atoms with van der Waals surface area (Å²) in [6.07, 6.45) is 1.22. The van der Waals surface area contributed by atoms with Gasteiger partial charge in [-0.25, -0.2) is 8.42 Å². The molecule has 1 aromatic rings. The molecule has 0 fully saturated rings. The third-order valence-corrected chi connectivity index (χ3v) is 5.04. The molecule has 0 spiro atoms. The fourth-order valence-corrected chi connectivity index (χ4v) is 3.90. The minimum absolute atomic E-state index is 0.125. The third-order valence-electron chi connectivity index (χ3n) is 2.76. The molecular formula is C15H22N2O2S2. The summed E-state index contributed by atoms with van der Waals surface area (Å²) in [6.45, 7) is 5.97. The topological polar surface area (TPSA) is 70.0 Å². The molecule has 0 unspecified atom stereocenters. The van der Waals surface area contributed by atoms with Crippen LogP contribution in [-0.4, -0.2) is 32.7 Å². The Hall–Kier alpha value is -1.03. The highest BCUT2D eigenvalue weighted by molar-refractivity contribution is 8.00. The highest BCUT2D eigenvalue weighted by Gasteiger charge is 2.07. The van der Waals surface area contributed by atoms with Gasteiger partial charge in [-0.3, -0.25) is 0 Å². The maximum absolute atomic E-state index is 11.1. The summed E-state index contributed by atoms with van der Waals surface area (Å²) in [5, 5.41) is 12.6. The van der Waals surface area contributed by atoms with Crippen LogP contribution in [0.4, 0.5) is 0 Å². The van der Waals surface area contributed by atoms with E-state index in [0.29, 0.717) is 17.2 Å². The summed E-state index contributed by atoms with van der Waals surface area (Å²) in [5.41, 5.74) is 1.68. The third kappa shape index (κ3) is 7.51. The molecule has 0 aromatic heterocycles. The Morgan fingerprint density at radius 3 is 2.67 bits per heavy atom. The van der Waals surface area contributed by atoms with Crippen molar-refractivity contribution in [2.75, 3.05) is 24.3 Å². The maximum Gasteiger partial charge on any atom is 0.148 e. The van der Waals surface area contributed by atoms with Crippen molar-refractivity contribution in [1.82, 2.24) is 5.32 Å². The first-order valence-electron chi connectivity index (χ1n) is 6.86. The van der Waals surface area contributed by atoms with Crippen molar-refractivity contribution >= 4 is 21.6 Å². The zero-order valence-electron chi connectivity index (χ0n) is 12.7. The van der Waals surface area contributed by atoms with Gasteiger partial charge < -0.3 is 5.32 Å². The molecule has 1 aromatic carbocycles. The number of nitrogens with zero attached hydrogens (tertiary/aromatic N) is 1. The van der Waals surface area contributed by atoms with Gasteiger partial charge in [0.15, 0.2) is 0 Å². The fraction of sp³-hybridized carbons (Fsp3) is 0.533.